The molecule has 0 saturated heterocycles. The second-order valence-electron chi connectivity index (χ2n) is 17.2. The maximum absolute atomic E-state index is 2.51. The van der Waals surface area contributed by atoms with Crippen molar-refractivity contribution in [2.75, 3.05) is 4.90 Å². The highest BCUT2D eigenvalue weighted by molar-refractivity contribution is 6.86. The summed E-state index contributed by atoms with van der Waals surface area (Å²) in [6.45, 7) is 5.23. The van der Waals surface area contributed by atoms with Gasteiger partial charge in [0, 0.05) is 38.9 Å². The van der Waals surface area contributed by atoms with Gasteiger partial charge in [-0.15, -0.1) is 0 Å². The number of aromatic nitrogens is 1. The van der Waals surface area contributed by atoms with Gasteiger partial charge < -0.3 is 9.47 Å². The minimum absolute atomic E-state index is 0.194. The first-order chi connectivity index (χ1) is 29.5. The Bertz CT molecular complexity index is 3310. The summed E-state index contributed by atoms with van der Waals surface area (Å²) in [7, 11) is 0. The molecule has 1 aliphatic heterocycles. The van der Waals surface area contributed by atoms with Crippen molar-refractivity contribution in [2.45, 2.75) is 32.0 Å². The summed E-state index contributed by atoms with van der Waals surface area (Å²) in [5, 5.41) is 4.96. The molecule has 0 N–H and O–H groups in total. The molecule has 9 aromatic carbocycles. The van der Waals surface area contributed by atoms with Crippen LogP contribution in [0.2, 0.25) is 6.32 Å². The van der Waals surface area contributed by atoms with Gasteiger partial charge in [-0.2, -0.15) is 0 Å². The molecule has 0 fully saturated rings. The normalized spacial score (nSPS) is 13.8. The van der Waals surface area contributed by atoms with E-state index in [2.05, 4.69) is 224 Å². The Morgan fingerprint density at radius 3 is 2.03 bits per heavy atom. The molecule has 0 spiro atoms. The minimum atomic E-state index is -0.194. The first-order valence-electron chi connectivity index (χ1n) is 21.4. The van der Waals surface area contributed by atoms with Crippen LogP contribution in [0.3, 0.4) is 0 Å². The van der Waals surface area contributed by atoms with Crippen molar-refractivity contribution in [3.63, 3.8) is 0 Å². The topological polar surface area (TPSA) is 8.17 Å². The molecule has 10 aromatic rings. The van der Waals surface area contributed by atoms with Gasteiger partial charge in [-0.1, -0.05) is 177 Å². The smallest absolute Gasteiger partial charge is 0.210 e. The minimum Gasteiger partial charge on any atom is -0.310 e. The Balaban J connectivity index is 1.14. The fraction of sp³-hybridized carbons (Fsp3) is 0.0877. The van der Waals surface area contributed by atoms with Gasteiger partial charge in [-0.05, 0) is 111 Å². The first kappa shape index (κ1) is 34.9. The van der Waals surface area contributed by atoms with E-state index in [0.717, 1.165) is 35.5 Å². The molecule has 12 rings (SSSR count). The van der Waals surface area contributed by atoms with Crippen LogP contribution in [0.25, 0.3) is 60.5 Å². The zero-order valence-corrected chi connectivity index (χ0v) is 33.9. The third-order valence-electron chi connectivity index (χ3n) is 13.6. The molecule has 0 bridgehead atoms. The second kappa shape index (κ2) is 13.5. The number of fused-ring (bicyclic) bond motifs is 8. The number of nitrogens with zero attached hydrogens (tertiary/aromatic N) is 2. The molecule has 1 aliphatic carbocycles. The SMILES string of the molecule is CC1(C)c2ccccc2-c2c(-c3cccc4c3CCB4c3ccccc3)cc(N(c3ccc4ccccc4c3)c3ccc4c5ccccc5n(-c5ccccc5)c4c3)cc21. The summed E-state index contributed by atoms with van der Waals surface area (Å²) >= 11 is 0. The molecule has 0 unspecified atom stereocenters. The van der Waals surface area contributed by atoms with Gasteiger partial charge in [0.15, 0.2) is 0 Å². The van der Waals surface area contributed by atoms with E-state index in [1.807, 2.05) is 0 Å². The molecular formula is C57H43BN2. The summed E-state index contributed by atoms with van der Waals surface area (Å²) in [5.74, 6) is 0. The fourth-order valence-corrected chi connectivity index (χ4v) is 10.8. The summed E-state index contributed by atoms with van der Waals surface area (Å²) in [5.41, 5.74) is 19.3. The molecule has 2 nitrogen and oxygen atoms in total. The van der Waals surface area contributed by atoms with Crippen molar-refractivity contribution >= 4 is 67.3 Å². The van der Waals surface area contributed by atoms with Crippen molar-refractivity contribution in [1.29, 1.82) is 0 Å². The molecule has 0 atom stereocenters. The monoisotopic (exact) mass is 766 g/mol. The molecule has 2 aliphatic rings. The molecular weight excluding hydrogens is 723 g/mol. The number of hydrogen-bond donors (Lipinski definition) is 0. The lowest BCUT2D eigenvalue weighted by molar-refractivity contribution is 0.660. The third-order valence-corrected chi connectivity index (χ3v) is 13.6. The highest BCUT2D eigenvalue weighted by Crippen LogP contribution is 2.55. The lowest BCUT2D eigenvalue weighted by Crippen LogP contribution is -2.39. The summed E-state index contributed by atoms with van der Waals surface area (Å²) < 4.78 is 2.43. The van der Waals surface area contributed by atoms with E-state index in [4.69, 9.17) is 0 Å². The Kier molecular flexibility index (Phi) is 7.84. The van der Waals surface area contributed by atoms with Crippen LogP contribution in [0, 0.1) is 0 Å². The third kappa shape index (κ3) is 5.28. The molecule has 3 heteroatoms. The summed E-state index contributed by atoms with van der Waals surface area (Å²) in [4.78, 5) is 2.51. The highest BCUT2D eigenvalue weighted by atomic mass is 15.1. The lowest BCUT2D eigenvalue weighted by Gasteiger charge is -2.30. The Labute approximate surface area is 352 Å². The van der Waals surface area contributed by atoms with E-state index in [1.165, 1.54) is 82.4 Å². The molecule has 0 radical (unpaired) electrons. The maximum Gasteiger partial charge on any atom is 0.210 e. The average Bonchev–Trinajstić information content (AvgIpc) is 3.95. The number of para-hydroxylation sites is 2. The van der Waals surface area contributed by atoms with E-state index < -0.39 is 0 Å². The van der Waals surface area contributed by atoms with Crippen LogP contribution in [0.4, 0.5) is 17.1 Å². The van der Waals surface area contributed by atoms with E-state index in [1.54, 1.807) is 0 Å². The number of benzene rings is 9. The molecule has 0 saturated carbocycles. The summed E-state index contributed by atoms with van der Waals surface area (Å²) in [6.07, 6.45) is 2.18. The predicted octanol–water partition coefficient (Wildman–Crippen LogP) is 13.5. The zero-order chi connectivity index (χ0) is 40.0. The number of rotatable bonds is 6. The van der Waals surface area contributed by atoms with Crippen molar-refractivity contribution in [3.8, 4) is 27.9 Å². The molecule has 0 amide bonds. The van der Waals surface area contributed by atoms with Crippen LogP contribution < -0.4 is 15.8 Å². The average molecular weight is 767 g/mol. The van der Waals surface area contributed by atoms with Crippen LogP contribution >= 0.6 is 0 Å². The van der Waals surface area contributed by atoms with Crippen molar-refractivity contribution in [1.82, 2.24) is 4.57 Å². The van der Waals surface area contributed by atoms with Crippen molar-refractivity contribution < 1.29 is 0 Å². The zero-order valence-electron chi connectivity index (χ0n) is 33.9. The Morgan fingerprint density at radius 1 is 0.483 bits per heavy atom. The number of anilines is 3. The Morgan fingerprint density at radius 2 is 1.17 bits per heavy atom. The summed E-state index contributed by atoms with van der Waals surface area (Å²) in [6, 6.07) is 74.6. The van der Waals surface area contributed by atoms with Crippen LogP contribution in [-0.4, -0.2) is 11.3 Å². The van der Waals surface area contributed by atoms with Gasteiger partial charge in [-0.3, -0.25) is 0 Å². The van der Waals surface area contributed by atoms with Crippen LogP contribution in [0.15, 0.2) is 200 Å². The van der Waals surface area contributed by atoms with Crippen LogP contribution in [0.5, 0.6) is 0 Å². The van der Waals surface area contributed by atoms with Gasteiger partial charge in [0.2, 0.25) is 6.71 Å². The predicted molar refractivity (Wildman–Crippen MR) is 256 cm³/mol. The second-order valence-corrected chi connectivity index (χ2v) is 17.2. The highest BCUT2D eigenvalue weighted by Gasteiger charge is 2.39. The van der Waals surface area contributed by atoms with Crippen molar-refractivity contribution in [2.24, 2.45) is 0 Å². The van der Waals surface area contributed by atoms with Gasteiger partial charge >= 0.3 is 0 Å². The molecule has 60 heavy (non-hydrogen) atoms. The first-order valence-corrected chi connectivity index (χ1v) is 21.4. The van der Waals surface area contributed by atoms with Gasteiger partial charge in [0.05, 0.1) is 11.0 Å². The van der Waals surface area contributed by atoms with Gasteiger partial charge in [0.1, 0.15) is 0 Å². The van der Waals surface area contributed by atoms with Crippen LogP contribution in [0.1, 0.15) is 30.5 Å². The quantitative estimate of drug-likeness (QED) is 0.153. The molecule has 1 aromatic heterocycles. The molecule has 2 heterocycles. The van der Waals surface area contributed by atoms with E-state index >= 15 is 0 Å². The standard InChI is InChI=1S/C57H43BN2/c1-57(2)51-25-13-11-23-49(51)56-50(45-24-15-26-53-46(45)32-33-58(53)40-18-5-3-6-19-40)35-44(36-52(56)57)59(42-29-28-38-16-9-10-17-39(38)34-42)43-30-31-48-47-22-12-14-27-54(47)60(55(48)37-43)41-20-7-4-8-21-41/h3-31,34-37H,32-33H2,1-2H3. The van der Waals surface area contributed by atoms with Gasteiger partial charge in [0.25, 0.3) is 0 Å². The molecule has 284 valence electrons. The van der Waals surface area contributed by atoms with Crippen molar-refractivity contribution in [3.05, 3.63) is 217 Å². The van der Waals surface area contributed by atoms with Crippen LogP contribution in [-0.2, 0) is 11.8 Å². The fourth-order valence-electron chi connectivity index (χ4n) is 10.8. The van der Waals surface area contributed by atoms with Gasteiger partial charge in [-0.25, -0.2) is 0 Å². The Hall–Kier alpha value is -7.10. The lowest BCUT2D eigenvalue weighted by atomic mass is 9.41. The maximum atomic E-state index is 2.51. The largest absolute Gasteiger partial charge is 0.310 e. The van der Waals surface area contributed by atoms with E-state index in [9.17, 15) is 0 Å². The van der Waals surface area contributed by atoms with E-state index in [-0.39, 0.29) is 5.41 Å². The number of hydrogen-bond acceptors (Lipinski definition) is 1. The van der Waals surface area contributed by atoms with E-state index in [0.29, 0.717) is 6.71 Å².